The van der Waals surface area contributed by atoms with Gasteiger partial charge in [-0.15, -0.1) is 0 Å². The lowest BCUT2D eigenvalue weighted by Crippen LogP contribution is -2.62. The third kappa shape index (κ3) is 27.7. The molecular weight excluding hydrogens is 1630 g/mol. The number of carbonyl (C=O) groups excluding carboxylic acids is 8. The quantitative estimate of drug-likeness (QED) is 0.00853. The first-order chi connectivity index (χ1) is 57.5. The van der Waals surface area contributed by atoms with Crippen molar-refractivity contribution >= 4 is 125 Å². The van der Waals surface area contributed by atoms with Crippen molar-refractivity contribution < 1.29 is 89.0 Å². The minimum absolute atomic E-state index is 0.0259. The number of carboxylic acids is 1. The monoisotopic (exact) mass is 1740 g/mol. The molecule has 0 saturated carbocycles. The molecule has 10 atom stereocenters. The molecule has 8 amide bonds. The number of nitrogens with zero attached hydrogens (tertiary/aromatic N) is 2. The fourth-order valence-electron chi connectivity index (χ4n) is 14.9. The number of rotatable bonds is 48. The van der Waals surface area contributed by atoms with Crippen LogP contribution in [0.1, 0.15) is 138 Å². The first-order valence-electron chi connectivity index (χ1n) is 40.4. The molecule has 16 N–H and O–H groups in total. The number of aliphatic hydroxyl groups is 2. The van der Waals surface area contributed by atoms with E-state index in [-0.39, 0.29) is 75.6 Å². The van der Waals surface area contributed by atoms with E-state index < -0.39 is 151 Å². The summed E-state index contributed by atoms with van der Waals surface area (Å²) in [6, 6.07) is 26.1. The standard InChI is InChI=1S/C87H114N12O18S4/c1-55(100)75(84(109)92-67(42-47-119-8)80(105)97-76(56(2)101)85(110)111)96-79(104)65(35-22-23-43-88)90-83(108)70(53-60-54-89-64-34-20-18-32-61(60)64)95-82(107)69(51-58-30-14-10-15-31-58)94-78(103)66(41-46-118-7)91-81(106)68(50-57-28-12-9-13-29-57)93-77(102)59-39-40-72-63(52-59)87(5,6)74(99(72)45-25-27-49-121(115,116)117)38-17-11-16-37-73-86(3,4)62-33-19-21-36-71(62)98(73)44-24-26-48-120(112,113)114/h9-21,28-34,36-40,52,54-56,65-70,75-76,89,100-101H,22-27,35,41-51,53,88H2,1-8H3,(H10-,90,91,92,93,94,95,96,97,102,103,104,105,106,107,108,109,110,111,112,113,114,115,116,117)/p+1/t55-,56-,65+,66+,67+,68-,69+,70-,75+,76+/m1/s1. The Morgan fingerprint density at radius 3 is 1.59 bits per heavy atom. The molecule has 654 valence electrons. The number of H-pyrrole nitrogens is 1. The molecule has 0 fully saturated rings. The molecule has 5 aromatic carbocycles. The summed E-state index contributed by atoms with van der Waals surface area (Å²) in [6.07, 6.45) is 13.2. The molecule has 0 spiro atoms. The smallest absolute Gasteiger partial charge is 0.328 e. The Morgan fingerprint density at radius 2 is 1.02 bits per heavy atom. The maximum atomic E-state index is 15.4. The van der Waals surface area contributed by atoms with Crippen molar-refractivity contribution in [2.75, 3.05) is 60.1 Å². The fourth-order valence-corrected chi connectivity index (χ4v) is 17.0. The van der Waals surface area contributed by atoms with Crippen LogP contribution in [-0.4, -0.2) is 225 Å². The maximum absolute atomic E-state index is 15.4. The number of aliphatic hydroxyl groups excluding tert-OH is 2. The van der Waals surface area contributed by atoms with Gasteiger partial charge >= 0.3 is 5.97 Å². The second kappa shape index (κ2) is 45.2. The lowest BCUT2D eigenvalue weighted by atomic mass is 9.81. The third-order valence-electron chi connectivity index (χ3n) is 21.5. The van der Waals surface area contributed by atoms with Crippen LogP contribution in [0.2, 0.25) is 0 Å². The molecular formula is C87H115N12O18S4+. The number of carbonyl (C=O) groups is 9. The molecule has 1 aromatic heterocycles. The molecule has 0 unspecified atom stereocenters. The second-order valence-electron chi connectivity index (χ2n) is 31.4. The number of allylic oxidation sites excluding steroid dienone is 6. The lowest BCUT2D eigenvalue weighted by Gasteiger charge is -2.29. The Labute approximate surface area is 715 Å². The van der Waals surface area contributed by atoms with Gasteiger partial charge in [0.1, 0.15) is 48.8 Å². The second-order valence-corrected chi connectivity index (χ2v) is 36.5. The highest BCUT2D eigenvalue weighted by Gasteiger charge is 2.45. The number of hydrogen-bond acceptors (Lipinski definition) is 19. The van der Waals surface area contributed by atoms with Crippen molar-refractivity contribution in [3.8, 4) is 0 Å². The largest absolute Gasteiger partial charge is 0.480 e. The summed E-state index contributed by atoms with van der Waals surface area (Å²) >= 11 is 2.70. The number of fused-ring (bicyclic) bond motifs is 3. The van der Waals surface area contributed by atoms with Crippen molar-refractivity contribution in [2.24, 2.45) is 5.73 Å². The third-order valence-corrected chi connectivity index (χ3v) is 24.4. The van der Waals surface area contributed by atoms with Gasteiger partial charge in [0.25, 0.3) is 26.1 Å². The topological polar surface area (TPSA) is 467 Å². The molecule has 3 heterocycles. The van der Waals surface area contributed by atoms with Crippen LogP contribution in [0.5, 0.6) is 0 Å². The number of nitrogens with one attached hydrogen (secondary N) is 9. The molecule has 0 saturated heterocycles. The molecule has 30 nitrogen and oxygen atoms in total. The van der Waals surface area contributed by atoms with Gasteiger partial charge in [-0.1, -0.05) is 129 Å². The number of benzene rings is 5. The normalized spacial score (nSPS) is 16.5. The van der Waals surface area contributed by atoms with E-state index >= 15 is 24.0 Å². The van der Waals surface area contributed by atoms with Gasteiger partial charge in [-0.25, -0.2) is 4.79 Å². The van der Waals surface area contributed by atoms with Gasteiger partial charge < -0.3 is 73.5 Å². The highest BCUT2D eigenvalue weighted by atomic mass is 32.2. The van der Waals surface area contributed by atoms with Gasteiger partial charge in [0.05, 0.1) is 29.1 Å². The van der Waals surface area contributed by atoms with E-state index in [2.05, 4.69) is 72.0 Å². The van der Waals surface area contributed by atoms with E-state index in [9.17, 15) is 60.4 Å². The summed E-state index contributed by atoms with van der Waals surface area (Å²) < 4.78 is 68.2. The fraction of sp³-hybridized carbons (Fsp3) is 0.448. The van der Waals surface area contributed by atoms with E-state index in [0.717, 1.165) is 40.8 Å². The number of thioether (sulfide) groups is 2. The van der Waals surface area contributed by atoms with E-state index in [1.54, 1.807) is 103 Å². The lowest BCUT2D eigenvalue weighted by molar-refractivity contribution is -0.438. The summed E-state index contributed by atoms with van der Waals surface area (Å²) in [4.78, 5) is 135. The van der Waals surface area contributed by atoms with Crippen LogP contribution in [0.4, 0.5) is 11.4 Å². The first kappa shape index (κ1) is 96.4. The summed E-state index contributed by atoms with van der Waals surface area (Å²) in [5, 5.41) is 53.2. The van der Waals surface area contributed by atoms with Gasteiger partial charge in [-0.2, -0.15) is 44.9 Å². The predicted molar refractivity (Wildman–Crippen MR) is 471 cm³/mol. The molecule has 0 radical (unpaired) electrons. The Bertz CT molecular complexity index is 4980. The molecule has 2 aliphatic rings. The van der Waals surface area contributed by atoms with Crippen LogP contribution in [-0.2, 0) is 88.7 Å². The minimum atomic E-state index is -4.26. The zero-order valence-corrected chi connectivity index (χ0v) is 72.7. The van der Waals surface area contributed by atoms with Crippen LogP contribution in [0.15, 0.2) is 170 Å². The number of nitrogens with two attached hydrogens (primary N) is 1. The zero-order valence-electron chi connectivity index (χ0n) is 69.4. The minimum Gasteiger partial charge on any atom is -0.480 e. The summed E-state index contributed by atoms with van der Waals surface area (Å²) in [6.45, 7) is 11.6. The SMILES string of the molecule is CSCC[C@H](NC(=O)[C@@H](NC(=O)[C@H](CCCCN)NC(=O)[C@@H](Cc1c[nH]c2ccccc12)NC(=O)[C@H](Cc1ccccc1)NC(=O)[C@H](CCSC)NC(=O)[C@@H](Cc1ccccc1)NC(=O)c1ccc2c(c1)C(C)(C)C(=CC=CC=CC1=[N+](CCCCS(=O)(=O)O)c3ccccc3C1(C)C)N2CCCCS(=O)(=O)O)[C@@H](C)O)C(=O)N[C@H](C(=O)O)[C@@H](C)O. The summed E-state index contributed by atoms with van der Waals surface area (Å²) in [5.74, 6) is -8.53. The van der Waals surface area contributed by atoms with Crippen molar-refractivity contribution in [2.45, 2.75) is 190 Å². The Morgan fingerprint density at radius 1 is 0.529 bits per heavy atom. The number of hydrogen-bond donors (Lipinski definition) is 15. The maximum Gasteiger partial charge on any atom is 0.328 e. The zero-order chi connectivity index (χ0) is 88.4. The average molecular weight is 1750 g/mol. The van der Waals surface area contributed by atoms with Crippen LogP contribution in [0, 0.1) is 0 Å². The highest BCUT2D eigenvalue weighted by molar-refractivity contribution is 7.98. The molecule has 121 heavy (non-hydrogen) atoms. The number of aliphatic carboxylic acids is 1. The van der Waals surface area contributed by atoms with Gasteiger partial charge in [-0.3, -0.25) is 47.5 Å². The predicted octanol–water partition coefficient (Wildman–Crippen LogP) is 6.38. The van der Waals surface area contributed by atoms with Crippen molar-refractivity contribution in [1.29, 1.82) is 0 Å². The number of aromatic amines is 1. The number of anilines is 1. The Balaban J connectivity index is 1.06. The molecule has 2 aliphatic heterocycles. The number of unbranched alkanes of at least 4 members (excludes halogenated alkanes) is 3. The van der Waals surface area contributed by atoms with Gasteiger partial charge in [0, 0.05) is 89.4 Å². The van der Waals surface area contributed by atoms with Crippen molar-refractivity contribution in [3.05, 3.63) is 203 Å². The van der Waals surface area contributed by atoms with Crippen molar-refractivity contribution in [1.82, 2.24) is 47.5 Å². The average Bonchev–Trinajstić information content (AvgIpc) is 1.60. The number of para-hydroxylation sites is 2. The molecule has 34 heteroatoms. The van der Waals surface area contributed by atoms with Gasteiger partial charge in [0.15, 0.2) is 11.8 Å². The van der Waals surface area contributed by atoms with E-state index in [4.69, 9.17) is 5.73 Å². The number of amides is 8. The van der Waals surface area contributed by atoms with Crippen LogP contribution < -0.4 is 53.2 Å². The molecule has 0 bridgehead atoms. The molecule has 8 rings (SSSR count). The van der Waals surface area contributed by atoms with Crippen LogP contribution in [0.3, 0.4) is 0 Å². The molecule has 0 aliphatic carbocycles. The van der Waals surface area contributed by atoms with Gasteiger partial charge in [0.2, 0.25) is 47.0 Å². The van der Waals surface area contributed by atoms with Crippen molar-refractivity contribution in [3.63, 3.8) is 0 Å². The highest BCUT2D eigenvalue weighted by Crippen LogP contribution is 2.48. The molecule has 6 aromatic rings. The van der Waals surface area contributed by atoms with Crippen LogP contribution >= 0.6 is 23.5 Å². The summed E-state index contributed by atoms with van der Waals surface area (Å²) in [5.41, 5.74) is 12.7. The van der Waals surface area contributed by atoms with E-state index in [1.165, 1.54) is 30.4 Å². The summed E-state index contributed by atoms with van der Waals surface area (Å²) in [7, 11) is -8.39. The van der Waals surface area contributed by atoms with Gasteiger partial charge in [-0.05, 0) is 162 Å². The number of aromatic nitrogens is 1. The van der Waals surface area contributed by atoms with Crippen LogP contribution in [0.25, 0.3) is 10.9 Å². The Kier molecular flexibility index (Phi) is 36.0. The number of carboxylic acid groups (broad SMARTS) is 1. The first-order valence-corrected chi connectivity index (χ1v) is 46.4. The van der Waals surface area contributed by atoms with E-state index in [0.29, 0.717) is 71.5 Å². The van der Waals surface area contributed by atoms with E-state index in [1.807, 2.05) is 85.7 Å². The Hall–Kier alpha value is -10.0.